The summed E-state index contributed by atoms with van der Waals surface area (Å²) in [6, 6.07) is 7.03. The number of benzene rings is 1. The zero-order valence-corrected chi connectivity index (χ0v) is 11.0. The van der Waals surface area contributed by atoms with Crippen LogP contribution in [-0.4, -0.2) is 21.5 Å². The molecule has 0 saturated heterocycles. The highest BCUT2D eigenvalue weighted by atomic mass is 35.5. The van der Waals surface area contributed by atoms with Gasteiger partial charge in [0.15, 0.2) is 5.70 Å². The van der Waals surface area contributed by atoms with Crippen LogP contribution in [0.1, 0.15) is 11.3 Å². The molecule has 2 heterocycles. The molecular formula is C12H6ClN3O2S. The van der Waals surface area contributed by atoms with Gasteiger partial charge >= 0.3 is 5.97 Å². The number of aliphatic imine (C=N–C) groups is 1. The van der Waals surface area contributed by atoms with E-state index in [0.717, 1.165) is 0 Å². The van der Waals surface area contributed by atoms with Crippen molar-refractivity contribution in [3.8, 4) is 0 Å². The summed E-state index contributed by atoms with van der Waals surface area (Å²) in [6.45, 7) is 0. The van der Waals surface area contributed by atoms with E-state index in [2.05, 4.69) is 14.6 Å². The number of hydrogen-bond acceptors (Lipinski definition) is 6. The van der Waals surface area contributed by atoms with Crippen molar-refractivity contribution in [1.29, 1.82) is 0 Å². The zero-order valence-electron chi connectivity index (χ0n) is 9.41. The van der Waals surface area contributed by atoms with E-state index in [-0.39, 0.29) is 11.6 Å². The molecule has 2 aromatic rings. The Morgan fingerprint density at radius 1 is 1.32 bits per heavy atom. The van der Waals surface area contributed by atoms with Crippen molar-refractivity contribution in [2.45, 2.75) is 0 Å². The van der Waals surface area contributed by atoms with Gasteiger partial charge in [0.2, 0.25) is 5.90 Å². The maximum atomic E-state index is 11.7. The molecule has 1 aromatic carbocycles. The van der Waals surface area contributed by atoms with Gasteiger partial charge in [-0.2, -0.15) is 0 Å². The van der Waals surface area contributed by atoms with Crippen LogP contribution in [0.25, 0.3) is 6.08 Å². The molecule has 3 rings (SSSR count). The molecule has 5 nitrogen and oxygen atoms in total. The largest absolute Gasteiger partial charge is 0.402 e. The Balaban J connectivity index is 1.98. The SMILES string of the molecule is O=C1OC(c2ccccc2Cl)=NC1=Cc1csnn1. The fourth-order valence-corrected chi connectivity index (χ4v) is 2.16. The van der Waals surface area contributed by atoms with Crippen LogP contribution < -0.4 is 0 Å². The summed E-state index contributed by atoms with van der Waals surface area (Å²) >= 11 is 7.23. The van der Waals surface area contributed by atoms with Crippen molar-refractivity contribution < 1.29 is 9.53 Å². The number of cyclic esters (lactones) is 1. The minimum atomic E-state index is -0.525. The topological polar surface area (TPSA) is 64.4 Å². The normalized spacial score (nSPS) is 16.6. The van der Waals surface area contributed by atoms with Crippen molar-refractivity contribution in [3.05, 3.63) is 51.6 Å². The van der Waals surface area contributed by atoms with Gasteiger partial charge in [-0.25, -0.2) is 9.79 Å². The van der Waals surface area contributed by atoms with Gasteiger partial charge in [-0.05, 0) is 29.7 Å². The van der Waals surface area contributed by atoms with Crippen LogP contribution >= 0.6 is 23.1 Å². The first-order chi connectivity index (χ1) is 9.24. The number of hydrogen-bond donors (Lipinski definition) is 0. The Morgan fingerprint density at radius 3 is 2.89 bits per heavy atom. The molecule has 0 bridgehead atoms. The second-order valence-corrected chi connectivity index (χ2v) is 4.66. The molecule has 0 unspecified atom stereocenters. The predicted octanol–water partition coefficient (Wildman–Crippen LogP) is 2.54. The molecule has 0 atom stereocenters. The first kappa shape index (κ1) is 12.0. The van der Waals surface area contributed by atoms with Gasteiger partial charge in [0.1, 0.15) is 5.69 Å². The van der Waals surface area contributed by atoms with Gasteiger partial charge in [-0.3, -0.25) is 0 Å². The molecule has 0 aliphatic carbocycles. The maximum Gasteiger partial charge on any atom is 0.363 e. The van der Waals surface area contributed by atoms with E-state index in [0.29, 0.717) is 16.3 Å². The molecule has 0 saturated carbocycles. The molecule has 0 spiro atoms. The Hall–Kier alpha value is -2.05. The smallest absolute Gasteiger partial charge is 0.363 e. The summed E-state index contributed by atoms with van der Waals surface area (Å²) in [5.74, 6) is -0.326. The fraction of sp³-hybridized carbons (Fsp3) is 0. The van der Waals surface area contributed by atoms with E-state index in [9.17, 15) is 4.79 Å². The summed E-state index contributed by atoms with van der Waals surface area (Å²) < 4.78 is 8.81. The molecule has 0 N–H and O–H groups in total. The summed E-state index contributed by atoms with van der Waals surface area (Å²) in [7, 11) is 0. The van der Waals surface area contributed by atoms with E-state index >= 15 is 0 Å². The molecular weight excluding hydrogens is 286 g/mol. The van der Waals surface area contributed by atoms with Gasteiger partial charge in [0, 0.05) is 5.38 Å². The van der Waals surface area contributed by atoms with Gasteiger partial charge in [0.05, 0.1) is 10.6 Å². The number of nitrogens with zero attached hydrogens (tertiary/aromatic N) is 3. The van der Waals surface area contributed by atoms with Crippen LogP contribution in [-0.2, 0) is 9.53 Å². The number of ether oxygens (including phenoxy) is 1. The molecule has 94 valence electrons. The number of carbonyl (C=O) groups is 1. The van der Waals surface area contributed by atoms with Crippen molar-refractivity contribution in [3.63, 3.8) is 0 Å². The first-order valence-electron chi connectivity index (χ1n) is 5.28. The summed E-state index contributed by atoms with van der Waals surface area (Å²) in [5, 5.41) is 6.01. The molecule has 1 aliphatic heterocycles. The Labute approximate surface area is 117 Å². The Morgan fingerprint density at radius 2 is 2.16 bits per heavy atom. The van der Waals surface area contributed by atoms with Crippen molar-refractivity contribution >= 4 is 41.1 Å². The van der Waals surface area contributed by atoms with Gasteiger partial charge in [0.25, 0.3) is 0 Å². The predicted molar refractivity (Wildman–Crippen MR) is 72.0 cm³/mol. The third kappa shape index (κ3) is 2.40. The van der Waals surface area contributed by atoms with E-state index in [1.165, 1.54) is 17.6 Å². The van der Waals surface area contributed by atoms with Gasteiger partial charge in [-0.1, -0.05) is 28.2 Å². The van der Waals surface area contributed by atoms with Crippen molar-refractivity contribution in [1.82, 2.24) is 9.59 Å². The molecule has 0 fully saturated rings. The highest BCUT2D eigenvalue weighted by Gasteiger charge is 2.25. The highest BCUT2D eigenvalue weighted by molar-refractivity contribution is 7.03. The van der Waals surface area contributed by atoms with Crippen molar-refractivity contribution in [2.75, 3.05) is 0 Å². The highest BCUT2D eigenvalue weighted by Crippen LogP contribution is 2.23. The lowest BCUT2D eigenvalue weighted by atomic mass is 10.2. The second kappa shape index (κ2) is 4.91. The number of aromatic nitrogens is 2. The monoisotopic (exact) mass is 291 g/mol. The average Bonchev–Trinajstić information content (AvgIpc) is 3.02. The van der Waals surface area contributed by atoms with Crippen LogP contribution in [0.4, 0.5) is 0 Å². The van der Waals surface area contributed by atoms with E-state index in [1.807, 2.05) is 0 Å². The van der Waals surface area contributed by atoms with Crippen LogP contribution in [0.2, 0.25) is 5.02 Å². The number of rotatable bonds is 2. The quantitative estimate of drug-likeness (QED) is 0.630. The maximum absolute atomic E-state index is 11.7. The Kier molecular flexibility index (Phi) is 3.10. The van der Waals surface area contributed by atoms with Gasteiger partial charge in [-0.15, -0.1) is 5.10 Å². The average molecular weight is 292 g/mol. The number of carbonyl (C=O) groups excluding carboxylic acids is 1. The molecule has 1 aliphatic rings. The van der Waals surface area contributed by atoms with E-state index in [1.54, 1.807) is 29.6 Å². The van der Waals surface area contributed by atoms with Crippen LogP contribution in [0, 0.1) is 0 Å². The zero-order chi connectivity index (χ0) is 13.2. The molecule has 7 heteroatoms. The van der Waals surface area contributed by atoms with E-state index < -0.39 is 5.97 Å². The summed E-state index contributed by atoms with van der Waals surface area (Å²) in [5.41, 5.74) is 1.33. The second-order valence-electron chi connectivity index (χ2n) is 3.65. The first-order valence-corrected chi connectivity index (χ1v) is 6.50. The summed E-state index contributed by atoms with van der Waals surface area (Å²) in [4.78, 5) is 15.8. The minimum Gasteiger partial charge on any atom is -0.402 e. The fourth-order valence-electron chi connectivity index (χ4n) is 1.53. The lowest BCUT2D eigenvalue weighted by molar-refractivity contribution is -0.129. The standard InChI is InChI=1S/C12H6ClN3O2S/c13-9-4-2-1-3-8(9)11-14-10(12(17)18-11)5-7-6-19-16-15-7/h1-6H. The Bertz CT molecular complexity index is 695. The molecule has 0 radical (unpaired) electrons. The number of halogens is 1. The van der Waals surface area contributed by atoms with Crippen LogP contribution in [0.15, 0.2) is 40.3 Å². The third-order valence-electron chi connectivity index (χ3n) is 2.39. The van der Waals surface area contributed by atoms with Crippen molar-refractivity contribution in [2.24, 2.45) is 4.99 Å². The lowest BCUT2D eigenvalue weighted by Crippen LogP contribution is -2.05. The van der Waals surface area contributed by atoms with Crippen LogP contribution in [0.3, 0.4) is 0 Å². The molecule has 19 heavy (non-hydrogen) atoms. The van der Waals surface area contributed by atoms with Crippen LogP contribution in [0.5, 0.6) is 0 Å². The van der Waals surface area contributed by atoms with Gasteiger partial charge < -0.3 is 4.74 Å². The van der Waals surface area contributed by atoms with E-state index in [4.69, 9.17) is 16.3 Å². The minimum absolute atomic E-state index is 0.183. The third-order valence-corrected chi connectivity index (χ3v) is 3.24. The molecule has 0 amide bonds. The lowest BCUT2D eigenvalue weighted by Gasteiger charge is -2.00. The summed E-state index contributed by atoms with van der Waals surface area (Å²) in [6.07, 6.45) is 1.52. The number of esters is 1. The molecule has 1 aromatic heterocycles.